The van der Waals surface area contributed by atoms with E-state index < -0.39 is 0 Å². The molecule has 0 saturated carbocycles. The Morgan fingerprint density at radius 1 is 1.21 bits per heavy atom. The van der Waals surface area contributed by atoms with Crippen LogP contribution in [0.1, 0.15) is 76.1 Å². The summed E-state index contributed by atoms with van der Waals surface area (Å²) in [5, 5.41) is 9.93. The molecule has 0 fully saturated rings. The molecule has 0 aromatic heterocycles. The van der Waals surface area contributed by atoms with Crippen molar-refractivity contribution in [3.05, 3.63) is 76.6 Å². The molecule has 1 heteroatoms. The van der Waals surface area contributed by atoms with E-state index in [1.807, 2.05) is 13.0 Å². The fraction of sp³-hybridized carbons (Fsp3) is 0.500. The van der Waals surface area contributed by atoms with E-state index in [2.05, 4.69) is 72.9 Å². The number of hydrogen-bond donors (Lipinski definition) is 1. The predicted molar refractivity (Wildman–Crippen MR) is 128 cm³/mol. The quantitative estimate of drug-likeness (QED) is 0.395. The van der Waals surface area contributed by atoms with Crippen LogP contribution in [0.2, 0.25) is 0 Å². The highest BCUT2D eigenvalue weighted by atomic mass is 16.3. The van der Waals surface area contributed by atoms with Gasteiger partial charge in [0.15, 0.2) is 0 Å². The van der Waals surface area contributed by atoms with Gasteiger partial charge in [-0.15, -0.1) is 0 Å². The summed E-state index contributed by atoms with van der Waals surface area (Å²) in [4.78, 5) is 0. The van der Waals surface area contributed by atoms with Crippen LogP contribution in [0, 0.1) is 31.1 Å². The van der Waals surface area contributed by atoms with Crippen molar-refractivity contribution in [1.82, 2.24) is 0 Å². The second-order valence-corrected chi connectivity index (χ2v) is 9.61. The molecule has 0 spiro atoms. The van der Waals surface area contributed by atoms with Gasteiger partial charge in [-0.1, -0.05) is 71.6 Å². The van der Waals surface area contributed by atoms with Gasteiger partial charge in [-0.25, -0.2) is 0 Å². The van der Waals surface area contributed by atoms with Crippen molar-refractivity contribution in [1.29, 1.82) is 0 Å². The number of fused-ring (bicyclic) bond motifs is 1. The van der Waals surface area contributed by atoms with Gasteiger partial charge in [0, 0.05) is 5.57 Å². The largest absolute Gasteiger partial charge is 0.508 e. The first-order valence-corrected chi connectivity index (χ1v) is 11.1. The summed E-state index contributed by atoms with van der Waals surface area (Å²) in [6.45, 7) is 23.9. The van der Waals surface area contributed by atoms with Crippen molar-refractivity contribution >= 4 is 5.57 Å². The van der Waals surface area contributed by atoms with Crippen LogP contribution in [0.5, 0.6) is 0 Å². The van der Waals surface area contributed by atoms with Crippen LogP contribution >= 0.6 is 0 Å². The number of allylic oxidation sites excluding steroid dienone is 4. The van der Waals surface area contributed by atoms with E-state index in [-0.39, 0.29) is 5.76 Å². The topological polar surface area (TPSA) is 20.2 Å². The average Bonchev–Trinajstić information content (AvgIpc) is 2.64. The number of benzene rings is 1. The molecule has 0 bridgehead atoms. The molecule has 1 aromatic carbocycles. The Morgan fingerprint density at radius 2 is 1.83 bits per heavy atom. The Labute approximate surface area is 178 Å². The van der Waals surface area contributed by atoms with Crippen LogP contribution in [0.25, 0.3) is 5.57 Å². The molecule has 29 heavy (non-hydrogen) atoms. The fourth-order valence-electron chi connectivity index (χ4n) is 4.78. The molecule has 2 rings (SSSR count). The van der Waals surface area contributed by atoms with Gasteiger partial charge in [-0.05, 0) is 90.7 Å². The lowest BCUT2D eigenvalue weighted by molar-refractivity contribution is 0.134. The Hall–Kier alpha value is -2.02. The lowest BCUT2D eigenvalue weighted by Gasteiger charge is -2.40. The first-order valence-electron chi connectivity index (χ1n) is 11.1. The van der Waals surface area contributed by atoms with Crippen LogP contribution < -0.4 is 0 Å². The number of aliphatic hydroxyl groups excluding tert-OH is 1. The molecule has 0 radical (unpaired) electrons. The molecule has 0 amide bonds. The maximum Gasteiger partial charge on any atom is 0.115 e. The summed E-state index contributed by atoms with van der Waals surface area (Å²) in [5.74, 6) is 1.41. The molecule has 1 nitrogen and oxygen atoms in total. The van der Waals surface area contributed by atoms with Crippen molar-refractivity contribution in [2.24, 2.45) is 17.3 Å². The van der Waals surface area contributed by atoms with Gasteiger partial charge in [0.25, 0.3) is 0 Å². The minimum atomic E-state index is 0.0821. The molecule has 158 valence electrons. The normalized spacial score (nSPS) is 22.0. The monoisotopic (exact) mass is 392 g/mol. The number of rotatable bonds is 5. The molecule has 1 N–H and O–H groups in total. The maximum absolute atomic E-state index is 9.93. The number of aryl methyl sites for hydroxylation is 2. The number of aliphatic hydroxyl groups is 1. The molecule has 1 aromatic rings. The third-order valence-electron chi connectivity index (χ3n) is 7.27. The van der Waals surface area contributed by atoms with Crippen LogP contribution in [-0.4, -0.2) is 5.11 Å². The maximum atomic E-state index is 9.93. The molecular formula is C28H40O. The van der Waals surface area contributed by atoms with Gasteiger partial charge in [0.1, 0.15) is 5.76 Å². The molecule has 2 atom stereocenters. The van der Waals surface area contributed by atoms with E-state index in [0.717, 1.165) is 24.0 Å². The van der Waals surface area contributed by atoms with Crippen LogP contribution in [0.15, 0.2) is 54.3 Å². The number of hydrogen-bond acceptors (Lipinski definition) is 1. The first-order chi connectivity index (χ1) is 13.5. The lowest BCUT2D eigenvalue weighted by atomic mass is 9.65. The van der Waals surface area contributed by atoms with E-state index >= 15 is 0 Å². The Bertz CT molecular complexity index is 847. The highest BCUT2D eigenvalue weighted by Gasteiger charge is 2.34. The third kappa shape index (κ3) is 5.13. The second-order valence-electron chi connectivity index (χ2n) is 9.61. The SMILES string of the molecule is C=C(O)/C(=C/C)C(=C)/C=C1\CCC(C)C(C(C)(C)CC)Cc2cc(C)c(C)cc21. The molecule has 0 aliphatic heterocycles. The fourth-order valence-corrected chi connectivity index (χ4v) is 4.78. The van der Waals surface area contributed by atoms with E-state index in [1.165, 1.54) is 40.7 Å². The second kappa shape index (κ2) is 9.20. The van der Waals surface area contributed by atoms with Crippen molar-refractivity contribution in [3.8, 4) is 0 Å². The smallest absolute Gasteiger partial charge is 0.115 e. The van der Waals surface area contributed by atoms with E-state index in [0.29, 0.717) is 17.3 Å². The van der Waals surface area contributed by atoms with Gasteiger partial charge in [-0.2, -0.15) is 0 Å². The zero-order chi connectivity index (χ0) is 21.9. The summed E-state index contributed by atoms with van der Waals surface area (Å²) < 4.78 is 0. The molecule has 1 aliphatic carbocycles. The summed E-state index contributed by atoms with van der Waals surface area (Å²) in [6, 6.07) is 4.76. The van der Waals surface area contributed by atoms with Crippen LogP contribution in [0.4, 0.5) is 0 Å². The summed E-state index contributed by atoms with van der Waals surface area (Å²) in [5.41, 5.74) is 8.72. The third-order valence-corrected chi connectivity index (χ3v) is 7.27. The minimum Gasteiger partial charge on any atom is -0.508 e. The van der Waals surface area contributed by atoms with Crippen LogP contribution in [0.3, 0.4) is 0 Å². The molecule has 0 saturated heterocycles. The summed E-state index contributed by atoms with van der Waals surface area (Å²) in [6.07, 6.45) is 8.57. The predicted octanol–water partition coefficient (Wildman–Crippen LogP) is 8.29. The van der Waals surface area contributed by atoms with Crippen molar-refractivity contribution < 1.29 is 5.11 Å². The van der Waals surface area contributed by atoms with Gasteiger partial charge in [-0.3, -0.25) is 0 Å². The zero-order valence-corrected chi connectivity index (χ0v) is 19.7. The van der Waals surface area contributed by atoms with Gasteiger partial charge < -0.3 is 5.11 Å². The van der Waals surface area contributed by atoms with E-state index in [4.69, 9.17) is 0 Å². The Kier molecular flexibility index (Phi) is 7.38. The first kappa shape index (κ1) is 23.3. The van der Waals surface area contributed by atoms with Gasteiger partial charge in [0.05, 0.1) is 0 Å². The molecule has 1 aliphatic rings. The van der Waals surface area contributed by atoms with E-state index in [1.54, 1.807) is 0 Å². The lowest BCUT2D eigenvalue weighted by Crippen LogP contribution is -2.32. The summed E-state index contributed by atoms with van der Waals surface area (Å²) >= 11 is 0. The van der Waals surface area contributed by atoms with E-state index in [9.17, 15) is 5.11 Å². The van der Waals surface area contributed by atoms with Crippen molar-refractivity contribution in [2.45, 2.75) is 74.1 Å². The van der Waals surface area contributed by atoms with Gasteiger partial charge >= 0.3 is 0 Å². The minimum absolute atomic E-state index is 0.0821. The zero-order valence-electron chi connectivity index (χ0n) is 19.7. The van der Waals surface area contributed by atoms with Gasteiger partial charge in [0.2, 0.25) is 0 Å². The standard InChI is InChI=1S/C28H40O/c1-10-25(22(7)29)21(6)15-23-13-12-18(3)27(28(8,9)11-2)17-24-14-19(4)20(5)16-26(23)24/h10,14-16,18,27,29H,6-7,11-13,17H2,1-5,8-9H3/b23-15+,25-10+. The highest BCUT2D eigenvalue weighted by molar-refractivity contribution is 5.73. The Morgan fingerprint density at radius 3 is 2.38 bits per heavy atom. The molecule has 2 unspecified atom stereocenters. The molecular weight excluding hydrogens is 352 g/mol. The van der Waals surface area contributed by atoms with Crippen molar-refractivity contribution in [3.63, 3.8) is 0 Å². The highest BCUT2D eigenvalue weighted by Crippen LogP contribution is 2.44. The van der Waals surface area contributed by atoms with Crippen molar-refractivity contribution in [2.75, 3.05) is 0 Å². The summed E-state index contributed by atoms with van der Waals surface area (Å²) in [7, 11) is 0. The van der Waals surface area contributed by atoms with Crippen LogP contribution in [-0.2, 0) is 6.42 Å². The molecule has 0 heterocycles. The average molecular weight is 393 g/mol. The Balaban J connectivity index is 2.61.